The van der Waals surface area contributed by atoms with E-state index in [1.807, 2.05) is 0 Å². The van der Waals surface area contributed by atoms with Gasteiger partial charge in [0.15, 0.2) is 5.58 Å². The summed E-state index contributed by atoms with van der Waals surface area (Å²) in [6.07, 6.45) is 0. The van der Waals surface area contributed by atoms with Gasteiger partial charge in [0.25, 0.3) is 0 Å². The molecule has 0 unspecified atom stereocenters. The maximum atomic E-state index is 7.24. The lowest BCUT2D eigenvalue weighted by Crippen LogP contribution is -2.58. The third kappa shape index (κ3) is 8.01. The quantitative estimate of drug-likeness (QED) is 0.156. The molecule has 0 bridgehead atoms. The van der Waals surface area contributed by atoms with Crippen LogP contribution in [0, 0.1) is 0 Å². The highest BCUT2D eigenvalue weighted by molar-refractivity contribution is 6.76. The molecule has 0 fully saturated rings. The number of anilines is 3. The molecule has 82 heavy (non-hydrogen) atoms. The van der Waals surface area contributed by atoms with E-state index in [4.69, 9.17) is 252 Å². The molecule has 10 rings (SSSR count). The number of hydrogen-bond donors (Lipinski definition) is 0. The monoisotopic (exact) mass is 963 g/mol. The number of benzene rings is 8. The predicted octanol–water partition coefficient (Wildman–Crippen LogP) is -23.4. The van der Waals surface area contributed by atoms with E-state index in [1.54, 1.807) is 0 Å². The van der Waals surface area contributed by atoms with Gasteiger partial charge in [0.2, 0.25) is 0 Å². The Kier molecular flexibility index (Phi) is 15.2. The molecule has 0 aliphatic carbocycles. The van der Waals surface area contributed by atoms with Gasteiger partial charge in [0.1, 0.15) is 260 Å². The van der Waals surface area contributed by atoms with Crippen molar-refractivity contribution in [3.8, 4) is 33.4 Å². The maximum absolute atomic E-state index is 7.24. The summed E-state index contributed by atoms with van der Waals surface area (Å²) in [5.74, 6) is 0. The van der Waals surface area contributed by atoms with E-state index < -0.39 is 27.3 Å². The zero-order valence-corrected chi connectivity index (χ0v) is 43.2. The molecule has 2 heterocycles. The van der Waals surface area contributed by atoms with Crippen LogP contribution in [0.1, 0.15) is 0 Å². The van der Waals surface area contributed by atoms with Crippen LogP contribution in [0.25, 0.3) is 77.3 Å². The smallest absolute Gasteiger partial charge is 0.158 e. The van der Waals surface area contributed by atoms with Crippen LogP contribution >= 0.6 is 0 Å². The molecule has 0 aliphatic rings. The minimum atomic E-state index is -0.427. The molecule has 0 N–H and O–H groups in total. The molecule has 62 radical (unpaired) electrons. The van der Waals surface area contributed by atoms with Gasteiger partial charge in [-0.05, 0) is 33.3 Å². The topological polar surface area (TPSA) is 29.5 Å². The summed E-state index contributed by atoms with van der Waals surface area (Å²) in [5.41, 5.74) is -10.1. The molecule has 302 valence electrons. The average Bonchev–Trinajstić information content (AvgIpc) is 4.18. The van der Waals surface area contributed by atoms with Gasteiger partial charge >= 0.3 is 0 Å². The summed E-state index contributed by atoms with van der Waals surface area (Å²) in [6.45, 7) is 0. The molecule has 2 aromatic heterocycles. The minimum Gasteiger partial charge on any atom is -0.457 e. The number of nitrogens with zero attached hydrogens (tertiary/aromatic N) is 1. The van der Waals surface area contributed by atoms with Crippen LogP contribution in [0.4, 0.5) is 17.1 Å². The van der Waals surface area contributed by atoms with Crippen molar-refractivity contribution in [2.45, 2.75) is 0 Å². The molecule has 34 heteroatoms. The molecular weight excluding hydrogens is 958 g/mol. The highest BCUT2D eigenvalue weighted by atomic mass is 16.3. The molecule has 0 aliphatic heterocycles. The number of furan rings is 2. The van der Waals surface area contributed by atoms with Crippen LogP contribution in [0.5, 0.6) is 0 Å². The van der Waals surface area contributed by atoms with Crippen molar-refractivity contribution >= 4 is 474 Å². The highest BCUT2D eigenvalue weighted by Crippen LogP contribution is 2.44. The van der Waals surface area contributed by atoms with Crippen LogP contribution in [0.15, 0.2) is 8.83 Å². The fourth-order valence-corrected chi connectivity index (χ4v) is 10.7. The first-order valence-electron chi connectivity index (χ1n) is 23.7. The van der Waals surface area contributed by atoms with Crippen molar-refractivity contribution in [1.29, 1.82) is 0 Å². The molecule has 10 aromatic rings. The average molecular weight is 958 g/mol. The molecule has 8 aromatic carbocycles. The van der Waals surface area contributed by atoms with Crippen LogP contribution in [0.2, 0.25) is 0 Å². The first-order valence-corrected chi connectivity index (χ1v) is 23.7. The SMILES string of the molecule is [B]c1c([B])c([B])c(-c2c([B])c([B])c(N(c3c([B])c([B])c(-c4c([B])c([B])c([B])c([B])c4[B])c([B])c3[B])c3c([B])c([B])c([B])c4c3oc3c(-c5c([B])c([B])c([B])c([B])c5[B])c5c(oc6c([B])c([B])c([B])c([B])c65)c([B])c34)c([B])c2[B])c([B])c1[B]. The predicted molar refractivity (Wildman–Crippen MR) is 379 cm³/mol. The Hall–Kier alpha value is -4.83. The van der Waals surface area contributed by atoms with Gasteiger partial charge in [-0.25, -0.2) is 0 Å². The maximum Gasteiger partial charge on any atom is 0.158 e. The third-order valence-electron chi connectivity index (χ3n) is 15.3. The molecular formula is C48B31NO2. The third-order valence-corrected chi connectivity index (χ3v) is 15.3. The summed E-state index contributed by atoms with van der Waals surface area (Å²) in [6, 6.07) is 0. The molecule has 0 spiro atoms. The normalized spacial score (nSPS) is 11.7. The van der Waals surface area contributed by atoms with Crippen molar-refractivity contribution < 1.29 is 8.83 Å². The molecule has 0 atom stereocenters. The Bertz CT molecular complexity index is 4380. The van der Waals surface area contributed by atoms with Crippen LogP contribution < -0.4 is 174 Å². The minimum absolute atomic E-state index is 0.0362. The Labute approximate surface area is 516 Å². The summed E-state index contributed by atoms with van der Waals surface area (Å²) < 4.78 is 13.6. The zero-order valence-electron chi connectivity index (χ0n) is 43.2. The fourth-order valence-electron chi connectivity index (χ4n) is 10.7. The van der Waals surface area contributed by atoms with Crippen LogP contribution in [-0.2, 0) is 0 Å². The lowest BCUT2D eigenvalue weighted by molar-refractivity contribution is 0.668. The molecule has 0 saturated carbocycles. The summed E-state index contributed by atoms with van der Waals surface area (Å²) in [7, 11) is 208. The van der Waals surface area contributed by atoms with E-state index in [1.165, 1.54) is 0 Å². The van der Waals surface area contributed by atoms with E-state index in [-0.39, 0.29) is 236 Å². The van der Waals surface area contributed by atoms with Gasteiger partial charge in [0.05, 0.1) is 5.69 Å². The van der Waals surface area contributed by atoms with Gasteiger partial charge in [-0.3, -0.25) is 0 Å². The number of hydrogen-bond acceptors (Lipinski definition) is 3. The zero-order chi connectivity index (χ0) is 60.7. The lowest BCUT2D eigenvalue weighted by Gasteiger charge is -2.39. The summed E-state index contributed by atoms with van der Waals surface area (Å²) >= 11 is 0. The number of fused-ring (bicyclic) bond motifs is 6. The van der Waals surface area contributed by atoms with E-state index in [0.29, 0.717) is 0 Å². The van der Waals surface area contributed by atoms with Gasteiger partial charge in [-0.1, -0.05) is 98.3 Å². The van der Waals surface area contributed by atoms with Crippen molar-refractivity contribution in [1.82, 2.24) is 0 Å². The Morgan fingerprint density at radius 1 is 0.146 bits per heavy atom. The second-order valence-corrected chi connectivity index (χ2v) is 19.5. The Morgan fingerprint density at radius 2 is 0.354 bits per heavy atom. The highest BCUT2D eigenvalue weighted by Gasteiger charge is 2.35. The van der Waals surface area contributed by atoms with Gasteiger partial charge in [-0.15, -0.1) is 65.6 Å². The molecule has 0 amide bonds. The van der Waals surface area contributed by atoms with Crippen LogP contribution in [-0.4, -0.2) is 243 Å². The lowest BCUT2D eigenvalue weighted by atomic mass is 9.56. The second-order valence-electron chi connectivity index (χ2n) is 19.5. The van der Waals surface area contributed by atoms with E-state index in [2.05, 4.69) is 0 Å². The van der Waals surface area contributed by atoms with E-state index in [9.17, 15) is 0 Å². The largest absolute Gasteiger partial charge is 0.457 e. The van der Waals surface area contributed by atoms with E-state index >= 15 is 0 Å². The van der Waals surface area contributed by atoms with Crippen molar-refractivity contribution in [3.63, 3.8) is 0 Å². The summed E-state index contributed by atoms with van der Waals surface area (Å²) in [4.78, 5) is 1.15. The molecule has 3 nitrogen and oxygen atoms in total. The van der Waals surface area contributed by atoms with E-state index in [0.717, 1.165) is 4.90 Å². The first-order chi connectivity index (χ1) is 38.2. The standard InChI is InChI=1S/C48B31NO2/c49-11-3(12(50)25(63)32(70)24(11)62)1-2-8-21(59)30(68)35(73)41(79)47(8)82-46(2)23(61)10-9-22(60)31(69)40(78)44(48(9)81-45(1)10)80(42-36(74)17(55)6(18(56)37(42)75)4-13(51)26(64)33(71)27(65)14(4)52)43-38(76)19(57)7(20(58)39(43)77)5-15(53)28(66)34(72)29(67)16(5)54. The van der Waals surface area contributed by atoms with Gasteiger partial charge in [-0.2, -0.15) is 0 Å². The second kappa shape index (κ2) is 20.7. The van der Waals surface area contributed by atoms with Gasteiger partial charge in [0, 0.05) is 38.5 Å². The van der Waals surface area contributed by atoms with Crippen LogP contribution in [0.3, 0.4) is 0 Å². The van der Waals surface area contributed by atoms with Crippen molar-refractivity contribution in [2.75, 3.05) is 4.90 Å². The summed E-state index contributed by atoms with van der Waals surface area (Å²) in [5, 5.41) is -0.0798. The first kappa shape index (κ1) is 60.3. The Balaban J connectivity index is 1.47. The van der Waals surface area contributed by atoms with Gasteiger partial charge < -0.3 is 13.7 Å². The fraction of sp³-hybridized carbons (Fsp3) is 0. The molecule has 0 saturated heterocycles. The van der Waals surface area contributed by atoms with Crippen molar-refractivity contribution in [2.24, 2.45) is 0 Å². The van der Waals surface area contributed by atoms with Crippen molar-refractivity contribution in [3.05, 3.63) is 0 Å². The number of rotatable bonds is 6. The Morgan fingerprint density at radius 3 is 0.695 bits per heavy atom.